The van der Waals surface area contributed by atoms with E-state index >= 15 is 0 Å². The fraction of sp³-hybridized carbons (Fsp3) is 0.263. The first-order valence-electron chi connectivity index (χ1n) is 8.09. The SMILES string of the molecule is O=C(CN1CCN(C(=O)c2ccccc2F)CC1)c1ccc(F)cc1. The van der Waals surface area contributed by atoms with E-state index in [1.54, 1.807) is 17.0 Å². The molecule has 1 fully saturated rings. The van der Waals surface area contributed by atoms with Crippen LogP contribution in [0.3, 0.4) is 0 Å². The van der Waals surface area contributed by atoms with E-state index in [-0.39, 0.29) is 29.6 Å². The summed E-state index contributed by atoms with van der Waals surface area (Å²) in [5.74, 6) is -1.32. The van der Waals surface area contributed by atoms with Crippen molar-refractivity contribution in [3.05, 3.63) is 71.3 Å². The van der Waals surface area contributed by atoms with Gasteiger partial charge in [-0.15, -0.1) is 0 Å². The predicted molar refractivity (Wildman–Crippen MR) is 89.5 cm³/mol. The topological polar surface area (TPSA) is 40.6 Å². The van der Waals surface area contributed by atoms with Gasteiger partial charge in [-0.25, -0.2) is 8.78 Å². The van der Waals surface area contributed by atoms with E-state index in [9.17, 15) is 18.4 Å². The molecular formula is C19H18F2N2O2. The molecule has 3 rings (SSSR count). The first kappa shape index (κ1) is 17.2. The van der Waals surface area contributed by atoms with E-state index in [2.05, 4.69) is 0 Å². The molecule has 0 N–H and O–H groups in total. The Labute approximate surface area is 144 Å². The van der Waals surface area contributed by atoms with E-state index < -0.39 is 5.82 Å². The fourth-order valence-electron chi connectivity index (χ4n) is 2.84. The molecule has 0 spiro atoms. The molecule has 2 aromatic rings. The van der Waals surface area contributed by atoms with Gasteiger partial charge in [-0.05, 0) is 36.4 Å². The molecule has 1 heterocycles. The lowest BCUT2D eigenvalue weighted by molar-refractivity contribution is 0.0620. The van der Waals surface area contributed by atoms with Crippen LogP contribution in [0, 0.1) is 11.6 Å². The van der Waals surface area contributed by atoms with Crippen molar-refractivity contribution in [3.63, 3.8) is 0 Å². The number of hydrogen-bond donors (Lipinski definition) is 0. The van der Waals surface area contributed by atoms with Crippen LogP contribution >= 0.6 is 0 Å². The minimum atomic E-state index is -0.526. The molecule has 0 aliphatic carbocycles. The molecule has 1 aliphatic rings. The van der Waals surface area contributed by atoms with Crippen LogP contribution in [0.25, 0.3) is 0 Å². The third-order valence-corrected chi connectivity index (χ3v) is 4.30. The number of amides is 1. The second kappa shape index (κ2) is 7.53. The van der Waals surface area contributed by atoms with Gasteiger partial charge in [-0.1, -0.05) is 12.1 Å². The van der Waals surface area contributed by atoms with Gasteiger partial charge in [0.15, 0.2) is 5.78 Å². The van der Waals surface area contributed by atoms with E-state index in [1.807, 2.05) is 4.90 Å². The Morgan fingerprint density at radius 1 is 0.880 bits per heavy atom. The van der Waals surface area contributed by atoms with E-state index in [1.165, 1.54) is 36.4 Å². The zero-order valence-corrected chi connectivity index (χ0v) is 13.6. The van der Waals surface area contributed by atoms with Crippen LogP contribution in [0.4, 0.5) is 8.78 Å². The van der Waals surface area contributed by atoms with Crippen molar-refractivity contribution in [2.24, 2.45) is 0 Å². The lowest BCUT2D eigenvalue weighted by Crippen LogP contribution is -2.50. The zero-order chi connectivity index (χ0) is 17.8. The van der Waals surface area contributed by atoms with Crippen molar-refractivity contribution in [1.29, 1.82) is 0 Å². The van der Waals surface area contributed by atoms with Gasteiger partial charge in [0, 0.05) is 31.7 Å². The maximum atomic E-state index is 13.7. The normalized spacial score (nSPS) is 15.2. The molecule has 0 saturated carbocycles. The molecule has 0 aromatic heterocycles. The Balaban J connectivity index is 1.55. The number of carbonyl (C=O) groups is 2. The summed E-state index contributed by atoms with van der Waals surface area (Å²) < 4.78 is 26.6. The molecule has 0 bridgehead atoms. The molecule has 4 nitrogen and oxygen atoms in total. The van der Waals surface area contributed by atoms with Crippen molar-refractivity contribution in [1.82, 2.24) is 9.80 Å². The van der Waals surface area contributed by atoms with Gasteiger partial charge in [0.2, 0.25) is 0 Å². The minimum Gasteiger partial charge on any atom is -0.336 e. The lowest BCUT2D eigenvalue weighted by atomic mass is 10.1. The summed E-state index contributed by atoms with van der Waals surface area (Å²) in [4.78, 5) is 28.1. The Morgan fingerprint density at radius 3 is 2.16 bits per heavy atom. The van der Waals surface area contributed by atoms with Crippen LogP contribution in [0.1, 0.15) is 20.7 Å². The number of halogens is 2. The van der Waals surface area contributed by atoms with Crippen molar-refractivity contribution >= 4 is 11.7 Å². The second-order valence-corrected chi connectivity index (χ2v) is 5.98. The maximum Gasteiger partial charge on any atom is 0.256 e. The van der Waals surface area contributed by atoms with Crippen molar-refractivity contribution < 1.29 is 18.4 Å². The van der Waals surface area contributed by atoms with Crippen molar-refractivity contribution in [2.45, 2.75) is 0 Å². The highest BCUT2D eigenvalue weighted by Gasteiger charge is 2.25. The van der Waals surface area contributed by atoms with Crippen LogP contribution in [0.15, 0.2) is 48.5 Å². The molecule has 0 radical (unpaired) electrons. The highest BCUT2D eigenvalue weighted by molar-refractivity contribution is 5.97. The Morgan fingerprint density at radius 2 is 1.52 bits per heavy atom. The highest BCUT2D eigenvalue weighted by Crippen LogP contribution is 2.13. The number of carbonyl (C=O) groups excluding carboxylic acids is 2. The Hall–Kier alpha value is -2.60. The van der Waals surface area contributed by atoms with Crippen molar-refractivity contribution in [3.8, 4) is 0 Å². The summed E-state index contributed by atoms with van der Waals surface area (Å²) >= 11 is 0. The summed E-state index contributed by atoms with van der Waals surface area (Å²) in [6.45, 7) is 2.15. The Kier molecular flexibility index (Phi) is 5.19. The monoisotopic (exact) mass is 344 g/mol. The van der Waals surface area contributed by atoms with Gasteiger partial charge in [0.05, 0.1) is 12.1 Å². The molecule has 6 heteroatoms. The number of rotatable bonds is 4. The van der Waals surface area contributed by atoms with Crippen LogP contribution in [0.5, 0.6) is 0 Å². The fourth-order valence-corrected chi connectivity index (χ4v) is 2.84. The average molecular weight is 344 g/mol. The smallest absolute Gasteiger partial charge is 0.256 e. The van der Waals surface area contributed by atoms with Crippen molar-refractivity contribution in [2.75, 3.05) is 32.7 Å². The van der Waals surface area contributed by atoms with E-state index in [0.717, 1.165) is 0 Å². The first-order valence-corrected chi connectivity index (χ1v) is 8.09. The van der Waals surface area contributed by atoms with Crippen LogP contribution < -0.4 is 0 Å². The molecule has 1 saturated heterocycles. The highest BCUT2D eigenvalue weighted by atomic mass is 19.1. The van der Waals surface area contributed by atoms with Gasteiger partial charge < -0.3 is 4.90 Å². The van der Waals surface area contributed by atoms with Crippen LogP contribution in [-0.4, -0.2) is 54.2 Å². The second-order valence-electron chi connectivity index (χ2n) is 5.98. The third-order valence-electron chi connectivity index (χ3n) is 4.30. The van der Waals surface area contributed by atoms with Gasteiger partial charge in [-0.2, -0.15) is 0 Å². The minimum absolute atomic E-state index is 0.0679. The molecule has 0 atom stereocenters. The molecule has 25 heavy (non-hydrogen) atoms. The number of ketones is 1. The summed E-state index contributed by atoms with van der Waals surface area (Å²) in [5.41, 5.74) is 0.532. The number of nitrogens with zero attached hydrogens (tertiary/aromatic N) is 2. The predicted octanol–water partition coefficient (Wildman–Crippen LogP) is 2.61. The number of hydrogen-bond acceptors (Lipinski definition) is 3. The summed E-state index contributed by atoms with van der Waals surface area (Å²) in [7, 11) is 0. The van der Waals surface area contributed by atoms with E-state index in [4.69, 9.17) is 0 Å². The van der Waals surface area contributed by atoms with Gasteiger partial charge in [0.1, 0.15) is 11.6 Å². The number of Topliss-reactive ketones (excluding diaryl/α,β-unsaturated/α-hetero) is 1. The largest absolute Gasteiger partial charge is 0.336 e. The standard InChI is InChI=1S/C19H18F2N2O2/c20-15-7-5-14(6-8-15)18(24)13-22-9-11-23(12-10-22)19(25)16-3-1-2-4-17(16)21/h1-8H,9-13H2. The molecule has 1 amide bonds. The van der Waals surface area contributed by atoms with Gasteiger partial charge in [-0.3, -0.25) is 14.5 Å². The molecule has 1 aliphatic heterocycles. The summed E-state index contributed by atoms with van der Waals surface area (Å²) in [5, 5.41) is 0. The average Bonchev–Trinajstić information content (AvgIpc) is 2.63. The number of benzene rings is 2. The van der Waals surface area contributed by atoms with Gasteiger partial charge >= 0.3 is 0 Å². The number of piperazine rings is 1. The van der Waals surface area contributed by atoms with Gasteiger partial charge in [0.25, 0.3) is 5.91 Å². The van der Waals surface area contributed by atoms with E-state index in [0.29, 0.717) is 31.7 Å². The first-order chi connectivity index (χ1) is 12.0. The summed E-state index contributed by atoms with van der Waals surface area (Å²) in [6.07, 6.45) is 0. The quantitative estimate of drug-likeness (QED) is 0.801. The zero-order valence-electron chi connectivity index (χ0n) is 13.6. The maximum absolute atomic E-state index is 13.7. The summed E-state index contributed by atoms with van der Waals surface area (Å²) in [6, 6.07) is 11.4. The molecule has 0 unspecified atom stereocenters. The molecule has 130 valence electrons. The molecular weight excluding hydrogens is 326 g/mol. The lowest BCUT2D eigenvalue weighted by Gasteiger charge is -2.34. The Bertz CT molecular complexity index is 769. The third kappa shape index (κ3) is 4.09. The van der Waals surface area contributed by atoms with Crippen LogP contribution in [-0.2, 0) is 0 Å². The van der Waals surface area contributed by atoms with Crippen LogP contribution in [0.2, 0.25) is 0 Å². The molecule has 2 aromatic carbocycles.